The molecule has 1 unspecified atom stereocenters. The summed E-state index contributed by atoms with van der Waals surface area (Å²) in [7, 11) is 0. The third-order valence-corrected chi connectivity index (χ3v) is 4.86. The number of nitrogens with zero attached hydrogens (tertiary/aromatic N) is 3. The van der Waals surface area contributed by atoms with Gasteiger partial charge in [0.15, 0.2) is 5.78 Å². The molecule has 0 amide bonds. The number of fused-ring (bicyclic) bond motifs is 1. The molecule has 0 spiro atoms. The largest absolute Gasteiger partial charge is 0.378 e. The first-order valence-corrected chi connectivity index (χ1v) is 8.74. The second-order valence-electron chi connectivity index (χ2n) is 6.67. The molecule has 0 aromatic carbocycles. The van der Waals surface area contributed by atoms with Crippen molar-refractivity contribution >= 4 is 5.78 Å². The van der Waals surface area contributed by atoms with Crippen LogP contribution in [-0.2, 0) is 17.8 Å². The lowest BCUT2D eigenvalue weighted by molar-refractivity contribution is 0.0900. The molecule has 3 aliphatic rings. The lowest BCUT2D eigenvalue weighted by Crippen LogP contribution is -2.40. The van der Waals surface area contributed by atoms with Gasteiger partial charge in [0.25, 0.3) is 0 Å². The summed E-state index contributed by atoms with van der Waals surface area (Å²) in [5.41, 5.74) is 3.58. The minimum absolute atomic E-state index is 0.0891. The molecule has 0 bridgehead atoms. The summed E-state index contributed by atoms with van der Waals surface area (Å²) in [5.74, 6) is 1.07. The summed E-state index contributed by atoms with van der Waals surface area (Å²) in [6.45, 7) is 6.56. The van der Waals surface area contributed by atoms with E-state index in [9.17, 15) is 4.79 Å². The smallest absolute Gasteiger partial charge is 0.177 e. The molecule has 1 saturated carbocycles. The first kappa shape index (κ1) is 15.6. The molecule has 4 rings (SSSR count). The molecule has 128 valence electrons. The van der Waals surface area contributed by atoms with Gasteiger partial charge in [-0.15, -0.1) is 0 Å². The standard InChI is InChI=1S/C18H24N4O2/c1-13(23)17-10-20-18-11-21(7-8-22(17)18)16(14-2-3-14)5-4-15-12-24-9-6-19-15/h4-5,10,15,19H,2-3,6-9,11-12H2,1H3/b5-4+. The van der Waals surface area contributed by atoms with Gasteiger partial charge in [0.1, 0.15) is 11.5 Å². The summed E-state index contributed by atoms with van der Waals surface area (Å²) < 4.78 is 7.58. The van der Waals surface area contributed by atoms with Gasteiger partial charge in [0.2, 0.25) is 0 Å². The number of allylic oxidation sites excluding steroid dienone is 2. The number of nitrogens with one attached hydrogen (secondary N) is 1. The highest BCUT2D eigenvalue weighted by Crippen LogP contribution is 2.35. The summed E-state index contributed by atoms with van der Waals surface area (Å²) in [6, 6.07) is 0.296. The van der Waals surface area contributed by atoms with E-state index in [1.54, 1.807) is 13.1 Å². The molecular weight excluding hydrogens is 304 g/mol. The van der Waals surface area contributed by atoms with Crippen LogP contribution in [0.25, 0.3) is 0 Å². The number of carbonyl (C=O) groups excluding carboxylic acids is 1. The molecule has 24 heavy (non-hydrogen) atoms. The van der Waals surface area contributed by atoms with Crippen molar-refractivity contribution in [3.05, 3.63) is 41.1 Å². The van der Waals surface area contributed by atoms with Crippen LogP contribution in [0.2, 0.25) is 0 Å². The lowest BCUT2D eigenvalue weighted by atomic mass is 10.2. The molecule has 6 heteroatoms. The average Bonchev–Trinajstić information content (AvgIpc) is 3.34. The highest BCUT2D eigenvalue weighted by atomic mass is 16.5. The Morgan fingerprint density at radius 2 is 2.29 bits per heavy atom. The molecule has 1 aromatic rings. The second-order valence-corrected chi connectivity index (χ2v) is 6.67. The Bertz CT molecular complexity index is 692. The van der Waals surface area contributed by atoms with Crippen LogP contribution >= 0.6 is 0 Å². The number of ketones is 1. The van der Waals surface area contributed by atoms with Crippen molar-refractivity contribution < 1.29 is 9.53 Å². The third-order valence-electron chi connectivity index (χ3n) is 4.86. The van der Waals surface area contributed by atoms with Crippen LogP contribution in [0.4, 0.5) is 0 Å². The fourth-order valence-corrected chi connectivity index (χ4v) is 3.43. The number of carbonyl (C=O) groups is 1. The van der Waals surface area contributed by atoms with Gasteiger partial charge in [0.05, 0.1) is 26.0 Å². The van der Waals surface area contributed by atoms with Gasteiger partial charge >= 0.3 is 0 Å². The fraction of sp³-hybridized carbons (Fsp3) is 0.556. The number of hydrogen-bond donors (Lipinski definition) is 1. The number of Topliss-reactive ketones (excluding diaryl/α,β-unsaturated/α-hetero) is 1. The van der Waals surface area contributed by atoms with Gasteiger partial charge in [0, 0.05) is 38.3 Å². The summed E-state index contributed by atoms with van der Waals surface area (Å²) in [4.78, 5) is 18.5. The van der Waals surface area contributed by atoms with Crippen LogP contribution in [0.15, 0.2) is 29.6 Å². The van der Waals surface area contributed by atoms with Crippen molar-refractivity contribution in [2.45, 2.75) is 38.9 Å². The van der Waals surface area contributed by atoms with E-state index >= 15 is 0 Å². The topological polar surface area (TPSA) is 59.4 Å². The maximum Gasteiger partial charge on any atom is 0.177 e. The Balaban J connectivity index is 1.50. The van der Waals surface area contributed by atoms with E-state index in [0.29, 0.717) is 6.04 Å². The molecule has 1 aromatic heterocycles. The molecule has 2 aliphatic heterocycles. The SMILES string of the molecule is CC(=O)c1cnc2n1CCN(C(/C=C/C1COCCN1)=C1CC1)C2. The Morgan fingerprint density at radius 3 is 3.00 bits per heavy atom. The monoisotopic (exact) mass is 328 g/mol. The molecule has 1 aliphatic carbocycles. The van der Waals surface area contributed by atoms with E-state index in [1.807, 2.05) is 0 Å². The summed E-state index contributed by atoms with van der Waals surface area (Å²) >= 11 is 0. The maximum absolute atomic E-state index is 11.7. The Kier molecular flexibility index (Phi) is 4.24. The fourth-order valence-electron chi connectivity index (χ4n) is 3.43. The minimum Gasteiger partial charge on any atom is -0.378 e. The quantitative estimate of drug-likeness (QED) is 0.849. The van der Waals surface area contributed by atoms with Crippen LogP contribution in [-0.4, -0.2) is 52.6 Å². The van der Waals surface area contributed by atoms with Crippen molar-refractivity contribution in [3.63, 3.8) is 0 Å². The molecular formula is C18H24N4O2. The Labute approximate surface area is 142 Å². The van der Waals surface area contributed by atoms with E-state index in [1.165, 1.54) is 24.1 Å². The van der Waals surface area contributed by atoms with Crippen molar-refractivity contribution in [2.24, 2.45) is 0 Å². The van der Waals surface area contributed by atoms with Gasteiger partial charge in [-0.05, 0) is 24.5 Å². The van der Waals surface area contributed by atoms with E-state index in [2.05, 4.69) is 31.9 Å². The average molecular weight is 328 g/mol. The number of hydrogen-bond acceptors (Lipinski definition) is 5. The number of imidazole rings is 1. The zero-order valence-corrected chi connectivity index (χ0v) is 14.1. The lowest BCUT2D eigenvalue weighted by Gasteiger charge is -2.31. The molecule has 3 heterocycles. The Morgan fingerprint density at radius 1 is 1.42 bits per heavy atom. The van der Waals surface area contributed by atoms with Gasteiger partial charge in [-0.1, -0.05) is 6.08 Å². The molecule has 6 nitrogen and oxygen atoms in total. The van der Waals surface area contributed by atoms with E-state index < -0.39 is 0 Å². The predicted molar refractivity (Wildman–Crippen MR) is 90.7 cm³/mol. The first-order valence-electron chi connectivity index (χ1n) is 8.74. The zero-order chi connectivity index (χ0) is 16.5. The normalized spacial score (nSPS) is 23.5. The first-order chi connectivity index (χ1) is 11.7. The summed E-state index contributed by atoms with van der Waals surface area (Å²) in [5, 5.41) is 3.46. The van der Waals surface area contributed by atoms with Crippen LogP contribution in [0.3, 0.4) is 0 Å². The van der Waals surface area contributed by atoms with Gasteiger partial charge in [-0.25, -0.2) is 4.98 Å². The van der Waals surface area contributed by atoms with Crippen LogP contribution in [0.1, 0.15) is 36.1 Å². The Hall–Kier alpha value is -1.92. The number of aromatic nitrogens is 2. The molecule has 1 N–H and O–H groups in total. The molecule has 1 atom stereocenters. The van der Waals surface area contributed by atoms with Gasteiger partial charge in [-0.2, -0.15) is 0 Å². The predicted octanol–water partition coefficient (Wildman–Crippen LogP) is 1.49. The second kappa shape index (κ2) is 6.53. The van der Waals surface area contributed by atoms with Crippen LogP contribution in [0, 0.1) is 0 Å². The van der Waals surface area contributed by atoms with E-state index in [0.717, 1.165) is 50.9 Å². The highest BCUT2D eigenvalue weighted by molar-refractivity contribution is 5.92. The molecule has 2 fully saturated rings. The van der Waals surface area contributed by atoms with E-state index in [-0.39, 0.29) is 5.78 Å². The minimum atomic E-state index is 0.0891. The zero-order valence-electron chi connectivity index (χ0n) is 14.1. The van der Waals surface area contributed by atoms with Gasteiger partial charge in [-0.3, -0.25) is 4.79 Å². The number of morpholine rings is 1. The summed E-state index contributed by atoms with van der Waals surface area (Å²) in [6.07, 6.45) is 8.57. The van der Waals surface area contributed by atoms with Crippen molar-refractivity contribution in [2.75, 3.05) is 26.3 Å². The number of rotatable bonds is 4. The van der Waals surface area contributed by atoms with Crippen molar-refractivity contribution in [1.82, 2.24) is 19.8 Å². The number of ether oxygens (including phenoxy) is 1. The van der Waals surface area contributed by atoms with Crippen molar-refractivity contribution in [1.29, 1.82) is 0 Å². The van der Waals surface area contributed by atoms with Gasteiger partial charge < -0.3 is 19.5 Å². The molecule has 1 saturated heterocycles. The van der Waals surface area contributed by atoms with Crippen molar-refractivity contribution in [3.8, 4) is 0 Å². The van der Waals surface area contributed by atoms with E-state index in [4.69, 9.17) is 4.74 Å². The van der Waals surface area contributed by atoms with Crippen LogP contribution < -0.4 is 5.32 Å². The highest BCUT2D eigenvalue weighted by Gasteiger charge is 2.26. The maximum atomic E-state index is 11.7. The van der Waals surface area contributed by atoms with Crippen LogP contribution in [0.5, 0.6) is 0 Å². The molecule has 0 radical (unpaired) electrons. The third kappa shape index (κ3) is 3.16.